The lowest BCUT2D eigenvalue weighted by Gasteiger charge is -2.37. The van der Waals surface area contributed by atoms with Crippen molar-refractivity contribution in [2.24, 2.45) is 0 Å². The van der Waals surface area contributed by atoms with E-state index in [0.29, 0.717) is 39.3 Å². The molecule has 3 aromatic carbocycles. The third kappa shape index (κ3) is 5.83. The zero-order valence-corrected chi connectivity index (χ0v) is 21.7. The highest BCUT2D eigenvalue weighted by Gasteiger charge is 2.36. The molecule has 3 aromatic rings. The Balaban J connectivity index is 1.50. The summed E-state index contributed by atoms with van der Waals surface area (Å²) in [5.74, 6) is -0.437. The molecule has 1 atom stereocenters. The minimum atomic E-state index is -0.707. The Kier molecular flexibility index (Phi) is 7.69. The van der Waals surface area contributed by atoms with Gasteiger partial charge in [0, 0.05) is 43.5 Å². The van der Waals surface area contributed by atoms with Gasteiger partial charge in [0.15, 0.2) is 0 Å². The molecule has 0 N–H and O–H groups in total. The number of morpholine rings is 1. The molecule has 2 aliphatic rings. The molecule has 9 heteroatoms. The van der Waals surface area contributed by atoms with Gasteiger partial charge < -0.3 is 19.4 Å². The van der Waals surface area contributed by atoms with Crippen molar-refractivity contribution in [3.05, 3.63) is 118 Å². The number of nitrogens with zero attached hydrogens (tertiary/aromatic N) is 4. The summed E-state index contributed by atoms with van der Waals surface area (Å²) >= 11 is 0. The van der Waals surface area contributed by atoms with Crippen molar-refractivity contribution in [1.29, 1.82) is 0 Å². The number of carbonyl (C=O) groups excluding carboxylic acids is 2. The largest absolute Gasteiger partial charge is 0.378 e. The molecule has 1 saturated heterocycles. The predicted molar refractivity (Wildman–Crippen MR) is 147 cm³/mol. The Hall–Kier alpha value is -4.50. The summed E-state index contributed by atoms with van der Waals surface area (Å²) in [6.45, 7) is 4.14. The van der Waals surface area contributed by atoms with Crippen LogP contribution in [0.15, 0.2) is 85.2 Å². The fraction of sp³-hybridized carbons (Fsp3) is 0.267. The fourth-order valence-corrected chi connectivity index (χ4v) is 4.90. The van der Waals surface area contributed by atoms with Gasteiger partial charge in [0.1, 0.15) is 11.7 Å². The van der Waals surface area contributed by atoms with Crippen LogP contribution in [0.25, 0.3) is 0 Å². The summed E-state index contributed by atoms with van der Waals surface area (Å²) in [6.07, 6.45) is 3.74. The lowest BCUT2D eigenvalue weighted by atomic mass is 9.99. The van der Waals surface area contributed by atoms with Crippen LogP contribution in [0, 0.1) is 17.0 Å². The van der Waals surface area contributed by atoms with Crippen molar-refractivity contribution in [2.75, 3.05) is 31.2 Å². The maximum Gasteiger partial charge on any atom is 0.293 e. The normalized spacial score (nSPS) is 17.4. The quantitative estimate of drug-likeness (QED) is 0.336. The topological polar surface area (TPSA) is 96.2 Å². The summed E-state index contributed by atoms with van der Waals surface area (Å²) in [5.41, 5.74) is 3.31. The summed E-state index contributed by atoms with van der Waals surface area (Å²) in [5, 5.41) is 12.2. The van der Waals surface area contributed by atoms with Crippen molar-refractivity contribution < 1.29 is 19.2 Å². The maximum absolute atomic E-state index is 13.8. The van der Waals surface area contributed by atoms with Crippen LogP contribution in [0.5, 0.6) is 0 Å². The van der Waals surface area contributed by atoms with Crippen LogP contribution in [0.1, 0.15) is 27.0 Å². The number of anilines is 1. The van der Waals surface area contributed by atoms with E-state index in [9.17, 15) is 19.7 Å². The van der Waals surface area contributed by atoms with Crippen LogP contribution in [0.2, 0.25) is 0 Å². The van der Waals surface area contributed by atoms with Crippen LogP contribution in [0.4, 0.5) is 11.4 Å². The molecule has 2 amide bonds. The third-order valence-corrected chi connectivity index (χ3v) is 7.05. The van der Waals surface area contributed by atoms with E-state index in [4.69, 9.17) is 4.74 Å². The van der Waals surface area contributed by atoms with Gasteiger partial charge in [-0.25, -0.2) is 0 Å². The average Bonchev–Trinajstić information content (AvgIpc) is 2.96. The van der Waals surface area contributed by atoms with E-state index in [2.05, 4.69) is 0 Å². The standard InChI is InChI=1S/C30H30N4O5/c1-22-7-9-23(10-8-22)19-28-30(36)32(21-24-5-3-2-4-6-24)13-14-33(28)26-12-11-25(20-27(26)34(37)38)29(35)31-15-17-39-18-16-31/h2-14,20,28H,15-19,21H2,1H3/t28-/m0/s1. The van der Waals surface area contributed by atoms with Gasteiger partial charge in [0.25, 0.3) is 11.6 Å². The van der Waals surface area contributed by atoms with Crippen LogP contribution >= 0.6 is 0 Å². The molecule has 0 aliphatic carbocycles. The van der Waals surface area contributed by atoms with Gasteiger partial charge in [-0.15, -0.1) is 0 Å². The van der Waals surface area contributed by atoms with Crippen molar-refractivity contribution in [3.8, 4) is 0 Å². The highest BCUT2D eigenvalue weighted by molar-refractivity contribution is 5.96. The highest BCUT2D eigenvalue weighted by atomic mass is 16.6. The molecule has 39 heavy (non-hydrogen) atoms. The summed E-state index contributed by atoms with van der Waals surface area (Å²) in [6, 6.07) is 21.4. The van der Waals surface area contributed by atoms with E-state index < -0.39 is 11.0 Å². The summed E-state index contributed by atoms with van der Waals surface area (Å²) in [4.78, 5) is 43.5. The monoisotopic (exact) mass is 526 g/mol. The van der Waals surface area contributed by atoms with Crippen molar-refractivity contribution in [1.82, 2.24) is 9.80 Å². The number of rotatable bonds is 7. The van der Waals surface area contributed by atoms with Crippen LogP contribution < -0.4 is 4.90 Å². The van der Waals surface area contributed by atoms with Gasteiger partial charge in [-0.2, -0.15) is 0 Å². The number of amides is 2. The molecule has 0 aromatic heterocycles. The highest BCUT2D eigenvalue weighted by Crippen LogP contribution is 2.34. The number of ether oxygens (including phenoxy) is 1. The Morgan fingerprint density at radius 3 is 2.38 bits per heavy atom. The van der Waals surface area contributed by atoms with Gasteiger partial charge >= 0.3 is 0 Å². The first-order chi connectivity index (χ1) is 18.9. The van der Waals surface area contributed by atoms with Crippen molar-refractivity contribution in [2.45, 2.75) is 25.9 Å². The van der Waals surface area contributed by atoms with Crippen LogP contribution in [0.3, 0.4) is 0 Å². The molecule has 2 aliphatic heterocycles. The number of hydrogen-bond acceptors (Lipinski definition) is 6. The minimum absolute atomic E-state index is 0.162. The van der Waals surface area contributed by atoms with Gasteiger partial charge in [-0.3, -0.25) is 19.7 Å². The molecule has 0 radical (unpaired) electrons. The fourth-order valence-electron chi connectivity index (χ4n) is 4.90. The Bertz CT molecular complexity index is 1380. The Morgan fingerprint density at radius 1 is 0.974 bits per heavy atom. The molecular weight excluding hydrogens is 496 g/mol. The Morgan fingerprint density at radius 2 is 1.69 bits per heavy atom. The maximum atomic E-state index is 13.8. The second-order valence-electron chi connectivity index (χ2n) is 9.73. The predicted octanol–water partition coefficient (Wildman–Crippen LogP) is 4.31. The molecule has 1 fully saturated rings. The third-order valence-electron chi connectivity index (χ3n) is 7.05. The van der Waals surface area contributed by atoms with Crippen LogP contribution in [-0.4, -0.2) is 58.9 Å². The first-order valence-electron chi connectivity index (χ1n) is 12.9. The number of benzene rings is 3. The molecule has 2 heterocycles. The second-order valence-corrected chi connectivity index (χ2v) is 9.73. The first kappa shape index (κ1) is 26.1. The van der Waals surface area contributed by atoms with Gasteiger partial charge in [0.2, 0.25) is 5.91 Å². The lowest BCUT2D eigenvalue weighted by molar-refractivity contribution is -0.384. The summed E-state index contributed by atoms with van der Waals surface area (Å²) < 4.78 is 5.32. The van der Waals surface area contributed by atoms with E-state index in [1.54, 1.807) is 39.2 Å². The number of aryl methyl sites for hydroxylation is 1. The first-order valence-corrected chi connectivity index (χ1v) is 12.9. The second kappa shape index (κ2) is 11.5. The van der Waals surface area contributed by atoms with Gasteiger partial charge in [-0.1, -0.05) is 60.2 Å². The van der Waals surface area contributed by atoms with Gasteiger partial charge in [-0.05, 0) is 30.2 Å². The average molecular weight is 527 g/mol. The molecule has 0 bridgehead atoms. The summed E-state index contributed by atoms with van der Waals surface area (Å²) in [7, 11) is 0. The van der Waals surface area contributed by atoms with E-state index in [1.165, 1.54) is 6.07 Å². The smallest absolute Gasteiger partial charge is 0.293 e. The molecule has 5 rings (SSSR count). The Labute approximate surface area is 227 Å². The molecule has 0 spiro atoms. The lowest BCUT2D eigenvalue weighted by Crippen LogP contribution is -2.50. The van der Waals surface area contributed by atoms with Crippen molar-refractivity contribution >= 4 is 23.2 Å². The van der Waals surface area contributed by atoms with Crippen molar-refractivity contribution in [3.63, 3.8) is 0 Å². The number of carbonyl (C=O) groups is 2. The minimum Gasteiger partial charge on any atom is -0.378 e. The van der Waals surface area contributed by atoms with E-state index in [-0.39, 0.29) is 28.8 Å². The van der Waals surface area contributed by atoms with Gasteiger partial charge in [0.05, 0.1) is 24.7 Å². The van der Waals surface area contributed by atoms with Crippen LogP contribution in [-0.2, 0) is 22.5 Å². The zero-order valence-electron chi connectivity index (χ0n) is 21.7. The van der Waals surface area contributed by atoms with E-state index >= 15 is 0 Å². The zero-order chi connectivity index (χ0) is 27.4. The number of nitro benzene ring substituents is 1. The molecular formula is C30H30N4O5. The number of nitro groups is 1. The van der Waals surface area contributed by atoms with E-state index in [1.807, 2.05) is 61.5 Å². The molecule has 9 nitrogen and oxygen atoms in total. The number of hydrogen-bond donors (Lipinski definition) is 0. The molecule has 200 valence electrons. The molecule has 0 saturated carbocycles. The van der Waals surface area contributed by atoms with E-state index in [0.717, 1.165) is 16.7 Å². The SMILES string of the molecule is Cc1ccc(C[C@H]2C(=O)N(Cc3ccccc3)C=CN2c2ccc(C(=O)N3CCOCC3)cc2[N+](=O)[O-])cc1. The molecule has 0 unspecified atom stereocenters.